The van der Waals surface area contributed by atoms with Crippen molar-refractivity contribution < 1.29 is 14.3 Å². The van der Waals surface area contributed by atoms with E-state index in [-0.39, 0.29) is 11.9 Å². The maximum Gasteiger partial charge on any atom is 0.341 e. The minimum atomic E-state index is -0.279. The second-order valence-corrected chi connectivity index (χ2v) is 8.86. The number of ether oxygens (including phenoxy) is 1. The Hall–Kier alpha value is -1.36. The Morgan fingerprint density at radius 1 is 1.11 bits per heavy atom. The Morgan fingerprint density at radius 2 is 1.85 bits per heavy atom. The van der Waals surface area contributed by atoms with Crippen molar-refractivity contribution in [2.75, 3.05) is 11.9 Å². The van der Waals surface area contributed by atoms with E-state index in [0.717, 1.165) is 44.1 Å². The van der Waals surface area contributed by atoms with Gasteiger partial charge in [-0.2, -0.15) is 0 Å². The summed E-state index contributed by atoms with van der Waals surface area (Å²) < 4.78 is 5.40. The number of thiophene rings is 1. The molecule has 0 fully saturated rings. The highest BCUT2D eigenvalue weighted by Gasteiger charge is 2.29. The molecule has 1 aromatic rings. The Labute approximate surface area is 168 Å². The van der Waals surface area contributed by atoms with Crippen molar-refractivity contribution in [1.29, 1.82) is 0 Å². The van der Waals surface area contributed by atoms with Crippen molar-refractivity contribution in [2.45, 2.75) is 91.4 Å². The number of carbonyl (C=O) groups is 2. The summed E-state index contributed by atoms with van der Waals surface area (Å²) in [6, 6.07) is 0. The van der Waals surface area contributed by atoms with Crippen LogP contribution in [0.15, 0.2) is 0 Å². The average Bonchev–Trinajstić information content (AvgIpc) is 2.99. The van der Waals surface area contributed by atoms with Crippen LogP contribution in [0.5, 0.6) is 0 Å². The number of rotatable bonds is 11. The molecule has 0 saturated heterocycles. The van der Waals surface area contributed by atoms with Gasteiger partial charge in [0.15, 0.2) is 0 Å². The Balaban J connectivity index is 2.00. The first-order valence-corrected chi connectivity index (χ1v) is 11.5. The van der Waals surface area contributed by atoms with Gasteiger partial charge in [0, 0.05) is 11.3 Å². The molecule has 0 bridgehead atoms. The molecular weight excluding hydrogens is 358 g/mol. The van der Waals surface area contributed by atoms with Crippen LogP contribution in [0.1, 0.15) is 99.4 Å². The Kier molecular flexibility index (Phi) is 9.32. The number of hydrogen-bond donors (Lipinski definition) is 1. The lowest BCUT2D eigenvalue weighted by atomic mass is 9.88. The quantitative estimate of drug-likeness (QED) is 0.363. The number of unbranched alkanes of at least 4 members (excludes halogenated alkanes) is 5. The average molecular weight is 394 g/mol. The molecule has 27 heavy (non-hydrogen) atoms. The number of carbonyl (C=O) groups excluding carboxylic acids is 2. The minimum absolute atomic E-state index is 0.0154. The highest BCUT2D eigenvalue weighted by molar-refractivity contribution is 7.17. The van der Waals surface area contributed by atoms with Gasteiger partial charge in [0.05, 0.1) is 12.2 Å². The van der Waals surface area contributed by atoms with E-state index in [9.17, 15) is 9.59 Å². The number of anilines is 1. The molecule has 152 valence electrons. The normalized spacial score (nSPS) is 16.0. The van der Waals surface area contributed by atoms with Gasteiger partial charge in [0.2, 0.25) is 5.91 Å². The van der Waals surface area contributed by atoms with Gasteiger partial charge in [0.25, 0.3) is 0 Å². The van der Waals surface area contributed by atoms with Gasteiger partial charge in [-0.25, -0.2) is 4.79 Å². The predicted octanol–water partition coefficient (Wildman–Crippen LogP) is 6.13. The van der Waals surface area contributed by atoms with Crippen LogP contribution >= 0.6 is 11.3 Å². The van der Waals surface area contributed by atoms with E-state index in [0.29, 0.717) is 29.5 Å². The molecule has 4 nitrogen and oxygen atoms in total. The summed E-state index contributed by atoms with van der Waals surface area (Å²) in [5.74, 6) is 0.364. The van der Waals surface area contributed by atoms with Gasteiger partial charge in [-0.15, -0.1) is 11.3 Å². The molecule has 0 radical (unpaired) electrons. The first kappa shape index (κ1) is 21.9. The summed E-state index contributed by atoms with van der Waals surface area (Å²) in [5, 5.41) is 3.72. The molecule has 5 heteroatoms. The van der Waals surface area contributed by atoms with E-state index in [4.69, 9.17) is 4.74 Å². The first-order chi connectivity index (χ1) is 13.1. The fourth-order valence-corrected chi connectivity index (χ4v) is 4.99. The van der Waals surface area contributed by atoms with Crippen LogP contribution < -0.4 is 5.32 Å². The zero-order valence-corrected chi connectivity index (χ0v) is 18.0. The Morgan fingerprint density at radius 3 is 2.59 bits per heavy atom. The van der Waals surface area contributed by atoms with E-state index in [1.165, 1.54) is 30.6 Å². The molecule has 1 aliphatic carbocycles. The standard InChI is InChI=1S/C22H35NO3S/c1-4-6-7-8-9-10-11-19(24)23-21-20(22(25)26-14-5-2)17-13-12-16(3)15-18(17)27-21/h16H,4-15H2,1-3H3,(H,23,24). The van der Waals surface area contributed by atoms with E-state index >= 15 is 0 Å². The van der Waals surface area contributed by atoms with E-state index in [1.807, 2.05) is 6.92 Å². The van der Waals surface area contributed by atoms with Crippen LogP contribution in [0, 0.1) is 5.92 Å². The topological polar surface area (TPSA) is 55.4 Å². The van der Waals surface area contributed by atoms with Gasteiger partial charge >= 0.3 is 5.97 Å². The van der Waals surface area contributed by atoms with Crippen molar-refractivity contribution in [3.05, 3.63) is 16.0 Å². The van der Waals surface area contributed by atoms with E-state index in [2.05, 4.69) is 19.2 Å². The van der Waals surface area contributed by atoms with E-state index < -0.39 is 0 Å². The second-order valence-electron chi connectivity index (χ2n) is 7.76. The molecule has 1 aliphatic rings. The third-order valence-electron chi connectivity index (χ3n) is 5.16. The zero-order valence-electron chi connectivity index (χ0n) is 17.2. The van der Waals surface area contributed by atoms with Gasteiger partial charge in [-0.05, 0) is 43.6 Å². The third-order valence-corrected chi connectivity index (χ3v) is 6.33. The summed E-state index contributed by atoms with van der Waals surface area (Å²) in [6.45, 7) is 6.86. The van der Waals surface area contributed by atoms with E-state index in [1.54, 1.807) is 11.3 Å². The number of nitrogens with one attached hydrogen (secondary N) is 1. The molecule has 0 aromatic carbocycles. The van der Waals surface area contributed by atoms with Crippen LogP contribution in [-0.4, -0.2) is 18.5 Å². The summed E-state index contributed by atoms with van der Waals surface area (Å²) in [4.78, 5) is 26.3. The van der Waals surface area contributed by atoms with Crippen LogP contribution in [0.4, 0.5) is 5.00 Å². The molecule has 1 heterocycles. The minimum Gasteiger partial charge on any atom is -0.462 e. The highest BCUT2D eigenvalue weighted by atomic mass is 32.1. The van der Waals surface area contributed by atoms with Crippen molar-refractivity contribution in [2.24, 2.45) is 5.92 Å². The van der Waals surface area contributed by atoms with Crippen molar-refractivity contribution in [3.63, 3.8) is 0 Å². The third kappa shape index (κ3) is 6.63. The molecule has 0 aliphatic heterocycles. The van der Waals surface area contributed by atoms with Gasteiger partial charge < -0.3 is 10.1 Å². The first-order valence-electron chi connectivity index (χ1n) is 10.7. The molecule has 1 N–H and O–H groups in total. The van der Waals surface area contributed by atoms with Crippen LogP contribution in [-0.2, 0) is 22.4 Å². The predicted molar refractivity (Wildman–Crippen MR) is 113 cm³/mol. The van der Waals surface area contributed by atoms with Crippen LogP contribution in [0.25, 0.3) is 0 Å². The number of hydrogen-bond acceptors (Lipinski definition) is 4. The molecule has 2 rings (SSSR count). The fraction of sp³-hybridized carbons (Fsp3) is 0.727. The Bertz CT molecular complexity index is 623. The maximum atomic E-state index is 12.6. The summed E-state index contributed by atoms with van der Waals surface area (Å²) >= 11 is 1.57. The van der Waals surface area contributed by atoms with Gasteiger partial charge in [-0.3, -0.25) is 4.79 Å². The lowest BCUT2D eigenvalue weighted by molar-refractivity contribution is -0.116. The zero-order chi connectivity index (χ0) is 19.6. The monoisotopic (exact) mass is 393 g/mol. The second kappa shape index (κ2) is 11.5. The molecule has 1 aromatic heterocycles. The molecular formula is C22H35NO3S. The van der Waals surface area contributed by atoms with Gasteiger partial charge in [0.1, 0.15) is 5.00 Å². The lowest BCUT2D eigenvalue weighted by Gasteiger charge is -2.18. The highest BCUT2D eigenvalue weighted by Crippen LogP contribution is 2.40. The molecule has 0 saturated carbocycles. The molecule has 1 unspecified atom stereocenters. The summed E-state index contributed by atoms with van der Waals surface area (Å²) in [6.07, 6.45) is 11.3. The van der Waals surface area contributed by atoms with Crippen molar-refractivity contribution >= 4 is 28.2 Å². The summed E-state index contributed by atoms with van der Waals surface area (Å²) in [7, 11) is 0. The smallest absolute Gasteiger partial charge is 0.341 e. The fourth-order valence-electron chi connectivity index (χ4n) is 3.58. The molecule has 0 spiro atoms. The molecule has 1 amide bonds. The lowest BCUT2D eigenvalue weighted by Crippen LogP contribution is -2.16. The number of amides is 1. The largest absolute Gasteiger partial charge is 0.462 e. The maximum absolute atomic E-state index is 12.6. The van der Waals surface area contributed by atoms with Crippen molar-refractivity contribution in [3.8, 4) is 0 Å². The van der Waals surface area contributed by atoms with Gasteiger partial charge in [-0.1, -0.05) is 52.9 Å². The SMILES string of the molecule is CCCCCCCCC(=O)Nc1sc2c(c1C(=O)OCCC)CCC(C)C2. The van der Waals surface area contributed by atoms with Crippen molar-refractivity contribution in [1.82, 2.24) is 0 Å². The number of fused-ring (bicyclic) bond motifs is 1. The molecule has 1 atom stereocenters. The van der Waals surface area contributed by atoms with Crippen LogP contribution in [0.3, 0.4) is 0 Å². The summed E-state index contributed by atoms with van der Waals surface area (Å²) in [5.41, 5.74) is 1.72. The van der Waals surface area contributed by atoms with Crippen LogP contribution in [0.2, 0.25) is 0 Å². The number of esters is 1.